The Balaban J connectivity index is 1.81. The van der Waals surface area contributed by atoms with Crippen molar-refractivity contribution in [1.82, 2.24) is 9.88 Å². The first-order valence-corrected chi connectivity index (χ1v) is 6.71. The van der Waals surface area contributed by atoms with Crippen LogP contribution in [0.4, 0.5) is 19.0 Å². The number of hydrogen-bond donors (Lipinski definition) is 1. The third-order valence-electron chi connectivity index (χ3n) is 3.00. The number of halogens is 3. The molecule has 0 bridgehead atoms. The van der Waals surface area contributed by atoms with Crippen LogP contribution < -0.4 is 10.1 Å². The Morgan fingerprint density at radius 2 is 2.10 bits per heavy atom. The zero-order valence-corrected chi connectivity index (χ0v) is 11.7. The fourth-order valence-corrected chi connectivity index (χ4v) is 2.13. The van der Waals surface area contributed by atoms with Crippen LogP contribution in [0.1, 0.15) is 6.92 Å². The van der Waals surface area contributed by atoms with E-state index in [1.165, 1.54) is 12.1 Å². The van der Waals surface area contributed by atoms with Crippen LogP contribution >= 0.6 is 0 Å². The molecule has 0 saturated carbocycles. The fraction of sp³-hybridized carbons (Fsp3) is 0.615. The highest BCUT2D eigenvalue weighted by molar-refractivity contribution is 5.38. The number of alkyl halides is 3. The van der Waals surface area contributed by atoms with E-state index in [1.54, 1.807) is 0 Å². The zero-order chi connectivity index (χ0) is 15.3. The van der Waals surface area contributed by atoms with E-state index < -0.39 is 6.36 Å². The highest BCUT2D eigenvalue weighted by Crippen LogP contribution is 2.22. The Morgan fingerprint density at radius 1 is 1.38 bits per heavy atom. The van der Waals surface area contributed by atoms with Crippen molar-refractivity contribution in [2.75, 3.05) is 38.2 Å². The molecule has 0 aliphatic carbocycles. The Morgan fingerprint density at radius 3 is 2.67 bits per heavy atom. The molecule has 1 N–H and O–H groups in total. The van der Waals surface area contributed by atoms with E-state index in [9.17, 15) is 13.2 Å². The number of nitrogens with zero attached hydrogens (tertiary/aromatic N) is 2. The normalized spacial score (nSPS) is 18.3. The number of aromatic nitrogens is 1. The monoisotopic (exact) mass is 305 g/mol. The van der Waals surface area contributed by atoms with Crippen LogP contribution in [-0.4, -0.2) is 55.1 Å². The highest BCUT2D eigenvalue weighted by Gasteiger charge is 2.31. The lowest BCUT2D eigenvalue weighted by molar-refractivity contribution is -0.274. The molecule has 1 atom stereocenters. The lowest BCUT2D eigenvalue weighted by atomic mass is 10.3. The van der Waals surface area contributed by atoms with Crippen molar-refractivity contribution in [3.05, 3.63) is 18.3 Å². The molecule has 2 rings (SSSR count). The van der Waals surface area contributed by atoms with Crippen molar-refractivity contribution in [2.45, 2.75) is 19.3 Å². The van der Waals surface area contributed by atoms with E-state index in [2.05, 4.69) is 19.9 Å². The van der Waals surface area contributed by atoms with Gasteiger partial charge in [0.15, 0.2) is 0 Å². The van der Waals surface area contributed by atoms with Crippen LogP contribution in [0.15, 0.2) is 18.3 Å². The topological polar surface area (TPSA) is 46.6 Å². The molecule has 0 amide bonds. The maximum Gasteiger partial charge on any atom is 0.573 e. The van der Waals surface area contributed by atoms with Gasteiger partial charge in [0.2, 0.25) is 0 Å². The largest absolute Gasteiger partial charge is 0.573 e. The van der Waals surface area contributed by atoms with Crippen LogP contribution in [0.2, 0.25) is 0 Å². The molecule has 1 aliphatic heterocycles. The van der Waals surface area contributed by atoms with Gasteiger partial charge in [-0.25, -0.2) is 4.98 Å². The van der Waals surface area contributed by atoms with E-state index in [1.807, 2.05) is 6.92 Å². The van der Waals surface area contributed by atoms with Gasteiger partial charge in [0.25, 0.3) is 0 Å². The Hall–Kier alpha value is -1.54. The molecule has 1 aromatic rings. The van der Waals surface area contributed by atoms with Gasteiger partial charge in [-0.3, -0.25) is 4.90 Å². The van der Waals surface area contributed by atoms with Gasteiger partial charge in [-0.05, 0) is 19.1 Å². The van der Waals surface area contributed by atoms with Crippen molar-refractivity contribution in [3.8, 4) is 5.75 Å². The van der Waals surface area contributed by atoms with Gasteiger partial charge in [-0.15, -0.1) is 13.2 Å². The molecule has 1 saturated heterocycles. The summed E-state index contributed by atoms with van der Waals surface area (Å²) in [4.78, 5) is 6.18. The van der Waals surface area contributed by atoms with Crippen LogP contribution in [0.5, 0.6) is 5.75 Å². The minimum absolute atomic E-state index is 0.130. The van der Waals surface area contributed by atoms with Crippen LogP contribution in [0.3, 0.4) is 0 Å². The molecule has 21 heavy (non-hydrogen) atoms. The molecule has 118 valence electrons. The third kappa shape index (κ3) is 5.76. The Labute approximate surface area is 121 Å². The van der Waals surface area contributed by atoms with E-state index in [0.717, 1.165) is 39.0 Å². The summed E-state index contributed by atoms with van der Waals surface area (Å²) in [6.45, 7) is 6.06. The molecule has 1 unspecified atom stereocenters. The lowest BCUT2D eigenvalue weighted by Gasteiger charge is -2.29. The molecule has 0 spiro atoms. The molecule has 1 aliphatic rings. The summed E-state index contributed by atoms with van der Waals surface area (Å²) < 4.78 is 45.1. The van der Waals surface area contributed by atoms with Gasteiger partial charge in [0, 0.05) is 25.7 Å². The summed E-state index contributed by atoms with van der Waals surface area (Å²) in [5, 5.41) is 3.15. The number of hydrogen-bond acceptors (Lipinski definition) is 5. The molecule has 0 aromatic carbocycles. The molecular formula is C13H18F3N3O2. The number of anilines is 1. The van der Waals surface area contributed by atoms with Crippen molar-refractivity contribution < 1.29 is 22.6 Å². The maximum absolute atomic E-state index is 12.0. The number of ether oxygens (including phenoxy) is 2. The average Bonchev–Trinajstić information content (AvgIpc) is 2.40. The van der Waals surface area contributed by atoms with Crippen molar-refractivity contribution in [1.29, 1.82) is 0 Å². The fourth-order valence-electron chi connectivity index (χ4n) is 2.13. The van der Waals surface area contributed by atoms with Gasteiger partial charge in [-0.1, -0.05) is 0 Å². The summed E-state index contributed by atoms with van der Waals surface area (Å²) >= 11 is 0. The second-order valence-electron chi connectivity index (χ2n) is 4.89. The summed E-state index contributed by atoms with van der Waals surface area (Å²) in [7, 11) is 0. The number of morpholine rings is 1. The minimum atomic E-state index is -4.69. The number of pyridine rings is 1. The van der Waals surface area contributed by atoms with E-state index in [0.29, 0.717) is 5.82 Å². The molecule has 1 aromatic heterocycles. The van der Waals surface area contributed by atoms with Crippen molar-refractivity contribution >= 4 is 5.82 Å². The third-order valence-corrected chi connectivity index (χ3v) is 3.00. The smallest absolute Gasteiger partial charge is 0.404 e. The summed E-state index contributed by atoms with van der Waals surface area (Å²) in [5.41, 5.74) is 0. The van der Waals surface area contributed by atoms with Gasteiger partial charge in [0.05, 0.1) is 19.4 Å². The summed E-state index contributed by atoms with van der Waals surface area (Å²) in [6, 6.07) is 2.84. The zero-order valence-electron chi connectivity index (χ0n) is 11.7. The first kappa shape index (κ1) is 15.8. The summed E-state index contributed by atoms with van der Waals surface area (Å²) in [5.74, 6) is 0.194. The lowest BCUT2D eigenvalue weighted by Crippen LogP contribution is -2.42. The van der Waals surface area contributed by atoms with E-state index in [-0.39, 0.29) is 11.8 Å². The molecule has 0 radical (unpaired) electrons. The quantitative estimate of drug-likeness (QED) is 0.903. The van der Waals surface area contributed by atoms with Crippen molar-refractivity contribution in [3.63, 3.8) is 0 Å². The average molecular weight is 305 g/mol. The Bertz CT molecular complexity index is 433. The first-order valence-electron chi connectivity index (χ1n) is 6.71. The number of rotatable bonds is 5. The second-order valence-corrected chi connectivity index (χ2v) is 4.89. The second kappa shape index (κ2) is 6.95. The molecule has 1 fully saturated rings. The van der Waals surface area contributed by atoms with Crippen LogP contribution in [-0.2, 0) is 4.74 Å². The van der Waals surface area contributed by atoms with Gasteiger partial charge in [0.1, 0.15) is 11.6 Å². The standard InChI is InChI=1S/C13H18F3N3O2/c1-10(9-19-4-6-20-7-5-19)18-12-3-2-11(8-17-12)21-13(14,15)16/h2-3,8,10H,4-7,9H2,1H3,(H,17,18). The Kier molecular flexibility index (Phi) is 5.24. The predicted octanol–water partition coefficient (Wildman–Crippen LogP) is 2.11. The molecule has 8 heteroatoms. The predicted molar refractivity (Wildman–Crippen MR) is 71.3 cm³/mol. The SMILES string of the molecule is CC(CN1CCOCC1)Nc1ccc(OC(F)(F)F)cn1. The minimum Gasteiger partial charge on any atom is -0.404 e. The van der Waals surface area contributed by atoms with Gasteiger partial charge >= 0.3 is 6.36 Å². The first-order chi connectivity index (χ1) is 9.92. The van der Waals surface area contributed by atoms with Crippen LogP contribution in [0, 0.1) is 0 Å². The summed E-state index contributed by atoms with van der Waals surface area (Å²) in [6.07, 6.45) is -3.64. The van der Waals surface area contributed by atoms with Gasteiger partial charge < -0.3 is 14.8 Å². The molecule has 2 heterocycles. The maximum atomic E-state index is 12.0. The molecule has 5 nitrogen and oxygen atoms in total. The molecular weight excluding hydrogens is 287 g/mol. The van der Waals surface area contributed by atoms with E-state index >= 15 is 0 Å². The van der Waals surface area contributed by atoms with Gasteiger partial charge in [-0.2, -0.15) is 0 Å². The van der Waals surface area contributed by atoms with Crippen LogP contribution in [0.25, 0.3) is 0 Å². The number of nitrogens with one attached hydrogen (secondary N) is 1. The highest BCUT2D eigenvalue weighted by atomic mass is 19.4. The van der Waals surface area contributed by atoms with E-state index in [4.69, 9.17) is 4.74 Å². The van der Waals surface area contributed by atoms with Crippen molar-refractivity contribution in [2.24, 2.45) is 0 Å².